The van der Waals surface area contributed by atoms with Crippen LogP contribution in [0.3, 0.4) is 0 Å². The molecule has 2 aromatic rings. The van der Waals surface area contributed by atoms with Crippen LogP contribution in [0.4, 0.5) is 5.82 Å². The number of carbonyl (C=O) groups excluding carboxylic acids is 3. The van der Waals surface area contributed by atoms with Crippen molar-refractivity contribution in [2.24, 2.45) is 17.6 Å². The molecule has 2 heterocycles. The first-order valence-corrected chi connectivity index (χ1v) is 12.0. The number of primary amides is 1. The summed E-state index contributed by atoms with van der Waals surface area (Å²) in [6, 6.07) is 11.7. The standard InChI is InChI=1S/C26H33N5O3/c1-17(2)19-3-5-20(6-4-19)26(34)31-13-11-30(12-14-31)23-15-18(9-10-28-23)16-29-25(33)22-8-7-21(22)24(27)32/h3-6,9-10,15,17,21-22H,7-8,11-14,16H2,1-2H3,(H2,27,32)(H,29,33). The summed E-state index contributed by atoms with van der Waals surface area (Å²) >= 11 is 0. The van der Waals surface area contributed by atoms with E-state index in [0.717, 1.165) is 16.9 Å². The number of amides is 3. The molecule has 2 aliphatic rings. The van der Waals surface area contributed by atoms with E-state index in [1.54, 1.807) is 6.20 Å². The maximum absolute atomic E-state index is 12.9. The lowest BCUT2D eigenvalue weighted by Gasteiger charge is -2.35. The van der Waals surface area contributed by atoms with Crippen molar-refractivity contribution in [2.45, 2.75) is 39.2 Å². The zero-order valence-corrected chi connectivity index (χ0v) is 19.9. The Morgan fingerprint density at radius 1 is 1.03 bits per heavy atom. The zero-order valence-electron chi connectivity index (χ0n) is 19.9. The van der Waals surface area contributed by atoms with Crippen LogP contribution in [0, 0.1) is 11.8 Å². The molecule has 180 valence electrons. The van der Waals surface area contributed by atoms with Crippen LogP contribution in [0.15, 0.2) is 42.6 Å². The average molecular weight is 464 g/mol. The van der Waals surface area contributed by atoms with Crippen molar-refractivity contribution in [1.82, 2.24) is 15.2 Å². The molecular weight excluding hydrogens is 430 g/mol. The van der Waals surface area contributed by atoms with Crippen LogP contribution in [-0.2, 0) is 16.1 Å². The maximum Gasteiger partial charge on any atom is 0.253 e. The lowest BCUT2D eigenvalue weighted by atomic mass is 9.72. The normalized spacial score (nSPS) is 20.1. The van der Waals surface area contributed by atoms with Crippen molar-refractivity contribution < 1.29 is 14.4 Å². The topological polar surface area (TPSA) is 109 Å². The van der Waals surface area contributed by atoms with E-state index in [1.165, 1.54) is 5.56 Å². The summed E-state index contributed by atoms with van der Waals surface area (Å²) in [5, 5.41) is 2.92. The second kappa shape index (κ2) is 10.2. The molecule has 0 bridgehead atoms. The fourth-order valence-corrected chi connectivity index (χ4v) is 4.55. The highest BCUT2D eigenvalue weighted by atomic mass is 16.2. The van der Waals surface area contributed by atoms with Crippen molar-refractivity contribution >= 4 is 23.5 Å². The number of carbonyl (C=O) groups is 3. The molecule has 2 atom stereocenters. The van der Waals surface area contributed by atoms with Gasteiger partial charge >= 0.3 is 0 Å². The molecule has 1 saturated heterocycles. The van der Waals surface area contributed by atoms with Gasteiger partial charge in [0.25, 0.3) is 5.91 Å². The van der Waals surface area contributed by atoms with Crippen molar-refractivity contribution in [3.63, 3.8) is 0 Å². The van der Waals surface area contributed by atoms with Crippen LogP contribution in [0.25, 0.3) is 0 Å². The number of hydrogen-bond acceptors (Lipinski definition) is 5. The fourth-order valence-electron chi connectivity index (χ4n) is 4.55. The van der Waals surface area contributed by atoms with E-state index in [0.29, 0.717) is 51.5 Å². The van der Waals surface area contributed by atoms with E-state index in [2.05, 4.69) is 29.0 Å². The Morgan fingerprint density at radius 3 is 2.29 bits per heavy atom. The van der Waals surface area contributed by atoms with Gasteiger partial charge in [-0.1, -0.05) is 26.0 Å². The molecule has 2 fully saturated rings. The van der Waals surface area contributed by atoms with Gasteiger partial charge in [-0.3, -0.25) is 14.4 Å². The minimum absolute atomic E-state index is 0.0598. The molecule has 3 N–H and O–H groups in total. The van der Waals surface area contributed by atoms with Gasteiger partial charge in [-0.05, 0) is 54.2 Å². The molecule has 0 radical (unpaired) electrons. The first-order chi connectivity index (χ1) is 16.3. The van der Waals surface area contributed by atoms with Gasteiger partial charge in [-0.25, -0.2) is 4.98 Å². The molecule has 1 aromatic carbocycles. The van der Waals surface area contributed by atoms with Crippen molar-refractivity contribution in [3.8, 4) is 0 Å². The maximum atomic E-state index is 12.9. The Kier molecular flexibility index (Phi) is 7.14. The summed E-state index contributed by atoms with van der Waals surface area (Å²) in [5.41, 5.74) is 8.25. The molecule has 1 aliphatic carbocycles. The second-order valence-corrected chi connectivity index (χ2v) is 9.49. The predicted molar refractivity (Wildman–Crippen MR) is 130 cm³/mol. The first kappa shape index (κ1) is 23.7. The predicted octanol–water partition coefficient (Wildman–Crippen LogP) is 2.30. The van der Waals surface area contributed by atoms with Gasteiger partial charge in [0.05, 0.1) is 0 Å². The van der Waals surface area contributed by atoms with E-state index in [9.17, 15) is 14.4 Å². The number of rotatable bonds is 7. The molecule has 0 spiro atoms. The number of benzene rings is 1. The van der Waals surface area contributed by atoms with Crippen LogP contribution in [0.2, 0.25) is 0 Å². The molecular formula is C26H33N5O3. The third kappa shape index (κ3) is 5.21. The van der Waals surface area contributed by atoms with E-state index < -0.39 is 5.91 Å². The molecule has 1 aliphatic heterocycles. The average Bonchev–Trinajstić information content (AvgIpc) is 2.81. The number of piperazine rings is 1. The Hall–Kier alpha value is -3.42. The van der Waals surface area contributed by atoms with Gasteiger partial charge in [0.1, 0.15) is 5.82 Å². The third-order valence-electron chi connectivity index (χ3n) is 6.97. The summed E-state index contributed by atoms with van der Waals surface area (Å²) in [6.45, 7) is 7.30. The second-order valence-electron chi connectivity index (χ2n) is 9.49. The van der Waals surface area contributed by atoms with Gasteiger partial charge < -0.3 is 20.9 Å². The number of nitrogens with two attached hydrogens (primary N) is 1. The molecule has 8 nitrogen and oxygen atoms in total. The Balaban J connectivity index is 1.29. The SMILES string of the molecule is CC(C)c1ccc(C(=O)N2CCN(c3cc(CNC(=O)C4CCC4C(N)=O)ccn3)CC2)cc1. The summed E-state index contributed by atoms with van der Waals surface area (Å²) in [6.07, 6.45) is 3.12. The number of hydrogen-bond donors (Lipinski definition) is 2. The third-order valence-corrected chi connectivity index (χ3v) is 6.97. The van der Waals surface area contributed by atoms with E-state index >= 15 is 0 Å². The highest BCUT2D eigenvalue weighted by Crippen LogP contribution is 2.34. The summed E-state index contributed by atoms with van der Waals surface area (Å²) < 4.78 is 0. The van der Waals surface area contributed by atoms with Gasteiger partial charge in [0.2, 0.25) is 11.8 Å². The smallest absolute Gasteiger partial charge is 0.253 e. The van der Waals surface area contributed by atoms with Crippen LogP contribution >= 0.6 is 0 Å². The monoisotopic (exact) mass is 463 g/mol. The molecule has 4 rings (SSSR count). The van der Waals surface area contributed by atoms with Crippen LogP contribution in [0.5, 0.6) is 0 Å². The van der Waals surface area contributed by atoms with Crippen molar-refractivity contribution in [2.75, 3.05) is 31.1 Å². The summed E-state index contributed by atoms with van der Waals surface area (Å²) in [7, 11) is 0. The van der Waals surface area contributed by atoms with Gasteiger partial charge in [0.15, 0.2) is 0 Å². The quantitative estimate of drug-likeness (QED) is 0.655. The van der Waals surface area contributed by atoms with Crippen molar-refractivity contribution in [1.29, 1.82) is 0 Å². The highest BCUT2D eigenvalue weighted by molar-refractivity contribution is 5.94. The minimum Gasteiger partial charge on any atom is -0.369 e. The van der Waals surface area contributed by atoms with Gasteiger partial charge in [0, 0.05) is 56.3 Å². The number of anilines is 1. The highest BCUT2D eigenvalue weighted by Gasteiger charge is 2.40. The molecule has 3 amide bonds. The minimum atomic E-state index is -0.400. The molecule has 1 saturated carbocycles. The number of nitrogens with zero attached hydrogens (tertiary/aromatic N) is 3. The fraction of sp³-hybridized carbons (Fsp3) is 0.462. The summed E-state index contributed by atoms with van der Waals surface area (Å²) in [5.74, 6) is 0.147. The Labute approximate surface area is 200 Å². The Morgan fingerprint density at radius 2 is 1.71 bits per heavy atom. The van der Waals surface area contributed by atoms with Gasteiger partial charge in [-0.2, -0.15) is 0 Å². The van der Waals surface area contributed by atoms with Crippen LogP contribution in [0.1, 0.15) is 54.1 Å². The largest absolute Gasteiger partial charge is 0.369 e. The van der Waals surface area contributed by atoms with Crippen LogP contribution in [-0.4, -0.2) is 53.8 Å². The number of nitrogens with one attached hydrogen (secondary N) is 1. The summed E-state index contributed by atoms with van der Waals surface area (Å²) in [4.78, 5) is 45.2. The first-order valence-electron chi connectivity index (χ1n) is 12.0. The van der Waals surface area contributed by atoms with E-state index in [-0.39, 0.29) is 23.7 Å². The number of pyridine rings is 1. The lowest BCUT2D eigenvalue weighted by molar-refractivity contribution is -0.138. The van der Waals surface area contributed by atoms with E-state index in [4.69, 9.17) is 5.73 Å². The molecule has 2 unspecified atom stereocenters. The molecule has 34 heavy (non-hydrogen) atoms. The lowest BCUT2D eigenvalue weighted by Crippen LogP contribution is -2.49. The number of aromatic nitrogens is 1. The Bertz CT molecular complexity index is 1040. The van der Waals surface area contributed by atoms with E-state index in [1.807, 2.05) is 41.3 Å². The van der Waals surface area contributed by atoms with Crippen molar-refractivity contribution in [3.05, 3.63) is 59.3 Å². The van der Waals surface area contributed by atoms with Gasteiger partial charge in [-0.15, -0.1) is 0 Å². The zero-order chi connectivity index (χ0) is 24.2. The molecule has 1 aromatic heterocycles. The van der Waals surface area contributed by atoms with Crippen LogP contribution < -0.4 is 16.0 Å². The molecule has 8 heteroatoms.